The van der Waals surface area contributed by atoms with E-state index in [1.54, 1.807) is 19.1 Å². The fourth-order valence-electron chi connectivity index (χ4n) is 1.56. The van der Waals surface area contributed by atoms with Gasteiger partial charge in [-0.05, 0) is 33.8 Å². The van der Waals surface area contributed by atoms with E-state index in [9.17, 15) is 4.79 Å². The van der Waals surface area contributed by atoms with E-state index in [2.05, 4.69) is 31.2 Å². The number of anilines is 1. The molecule has 0 aliphatic carbocycles. The van der Waals surface area contributed by atoms with Gasteiger partial charge in [-0.25, -0.2) is 0 Å². The Morgan fingerprint density at radius 3 is 2.67 bits per heavy atom. The summed E-state index contributed by atoms with van der Waals surface area (Å²) in [6.45, 7) is 8.01. The van der Waals surface area contributed by atoms with Crippen molar-refractivity contribution in [3.05, 3.63) is 35.9 Å². The molecule has 0 atom stereocenters. The van der Waals surface area contributed by atoms with Gasteiger partial charge in [-0.15, -0.1) is 0 Å². The van der Waals surface area contributed by atoms with E-state index < -0.39 is 0 Å². The number of carbonyl (C=O) groups is 1. The van der Waals surface area contributed by atoms with E-state index in [0.29, 0.717) is 17.1 Å². The van der Waals surface area contributed by atoms with Gasteiger partial charge in [0.05, 0.1) is 5.56 Å². The van der Waals surface area contributed by atoms with Gasteiger partial charge in [-0.3, -0.25) is 4.79 Å². The molecular formula is C13H17N3O2. The summed E-state index contributed by atoms with van der Waals surface area (Å²) in [5.41, 5.74) is 0.564. The van der Waals surface area contributed by atoms with Crippen LogP contribution in [0, 0.1) is 6.92 Å². The molecule has 5 heteroatoms. The lowest BCUT2D eigenvalue weighted by atomic mass is 10.1. The summed E-state index contributed by atoms with van der Waals surface area (Å²) in [7, 11) is 0. The van der Waals surface area contributed by atoms with E-state index in [1.807, 2.05) is 17.0 Å². The maximum absolute atomic E-state index is 12.0. The third-order valence-corrected chi connectivity index (χ3v) is 2.60. The third kappa shape index (κ3) is 2.61. The average molecular weight is 247 g/mol. The number of carbonyl (C=O) groups excluding carboxylic acids is 1. The average Bonchev–Trinajstić information content (AvgIpc) is 2.85. The largest absolute Gasteiger partial charge is 0.360 e. The number of rotatable bonds is 2. The molecule has 2 rings (SSSR count). The lowest BCUT2D eigenvalue weighted by Gasteiger charge is -2.20. The van der Waals surface area contributed by atoms with Crippen LogP contribution < -0.4 is 5.32 Å². The maximum atomic E-state index is 12.0. The van der Waals surface area contributed by atoms with Crippen molar-refractivity contribution in [1.29, 1.82) is 0 Å². The molecule has 0 aliphatic rings. The van der Waals surface area contributed by atoms with E-state index in [-0.39, 0.29) is 11.4 Å². The fourth-order valence-corrected chi connectivity index (χ4v) is 1.56. The second-order valence-corrected chi connectivity index (χ2v) is 5.26. The van der Waals surface area contributed by atoms with Crippen molar-refractivity contribution >= 4 is 11.7 Å². The van der Waals surface area contributed by atoms with Crippen LogP contribution in [-0.4, -0.2) is 15.6 Å². The van der Waals surface area contributed by atoms with Crippen molar-refractivity contribution in [2.24, 2.45) is 0 Å². The molecule has 1 amide bonds. The smallest absolute Gasteiger partial charge is 0.258 e. The van der Waals surface area contributed by atoms with Gasteiger partial charge in [0.2, 0.25) is 0 Å². The van der Waals surface area contributed by atoms with Gasteiger partial charge in [-0.2, -0.15) is 0 Å². The van der Waals surface area contributed by atoms with Gasteiger partial charge >= 0.3 is 0 Å². The Bertz CT molecular complexity index is 561. The summed E-state index contributed by atoms with van der Waals surface area (Å²) < 4.78 is 6.89. The molecule has 96 valence electrons. The summed E-state index contributed by atoms with van der Waals surface area (Å²) in [6.07, 6.45) is 3.71. The molecule has 0 bridgehead atoms. The van der Waals surface area contributed by atoms with Crippen molar-refractivity contribution in [1.82, 2.24) is 9.72 Å². The molecular weight excluding hydrogens is 230 g/mol. The molecule has 0 fully saturated rings. The molecule has 0 aliphatic heterocycles. The van der Waals surface area contributed by atoms with E-state index in [1.165, 1.54) is 0 Å². The van der Waals surface area contributed by atoms with Crippen molar-refractivity contribution in [3.8, 4) is 0 Å². The van der Waals surface area contributed by atoms with E-state index in [4.69, 9.17) is 4.52 Å². The quantitative estimate of drug-likeness (QED) is 0.887. The fraction of sp³-hybridized carbons (Fsp3) is 0.385. The van der Waals surface area contributed by atoms with Crippen LogP contribution in [0.25, 0.3) is 0 Å². The minimum Gasteiger partial charge on any atom is -0.360 e. The molecule has 2 aromatic heterocycles. The van der Waals surface area contributed by atoms with Crippen molar-refractivity contribution in [3.63, 3.8) is 0 Å². The maximum Gasteiger partial charge on any atom is 0.258 e. The molecule has 2 heterocycles. The van der Waals surface area contributed by atoms with Crippen molar-refractivity contribution < 1.29 is 9.32 Å². The number of aryl methyl sites for hydroxylation is 1. The Kier molecular flexibility index (Phi) is 2.98. The normalized spacial score (nSPS) is 11.6. The Morgan fingerprint density at radius 2 is 2.17 bits per heavy atom. The lowest BCUT2D eigenvalue weighted by Crippen LogP contribution is -2.20. The van der Waals surface area contributed by atoms with Crippen LogP contribution in [0.5, 0.6) is 0 Å². The highest BCUT2D eigenvalue weighted by molar-refractivity contribution is 6.03. The van der Waals surface area contributed by atoms with Crippen LogP contribution >= 0.6 is 0 Å². The second-order valence-electron chi connectivity index (χ2n) is 5.26. The van der Waals surface area contributed by atoms with E-state index in [0.717, 1.165) is 0 Å². The SMILES string of the molecule is Cc1cc(NC(=O)c2ccn(C(C)(C)C)c2)no1. The number of hydrogen-bond donors (Lipinski definition) is 1. The minimum atomic E-state index is -0.189. The zero-order valence-corrected chi connectivity index (χ0v) is 11.0. The van der Waals surface area contributed by atoms with Gasteiger partial charge in [0.1, 0.15) is 5.76 Å². The van der Waals surface area contributed by atoms with Crippen LogP contribution in [0.4, 0.5) is 5.82 Å². The zero-order chi connectivity index (χ0) is 13.3. The molecule has 18 heavy (non-hydrogen) atoms. The molecule has 5 nitrogen and oxygen atoms in total. The summed E-state index contributed by atoms with van der Waals surface area (Å²) in [4.78, 5) is 12.0. The molecule has 0 saturated carbocycles. The summed E-state index contributed by atoms with van der Waals surface area (Å²) in [6, 6.07) is 3.46. The van der Waals surface area contributed by atoms with Crippen LogP contribution in [0.1, 0.15) is 36.9 Å². The highest BCUT2D eigenvalue weighted by Gasteiger charge is 2.15. The third-order valence-electron chi connectivity index (χ3n) is 2.60. The Hall–Kier alpha value is -2.04. The first kappa shape index (κ1) is 12.4. The highest BCUT2D eigenvalue weighted by Crippen LogP contribution is 2.16. The molecule has 2 aromatic rings. The predicted molar refractivity (Wildman–Crippen MR) is 68.6 cm³/mol. The summed E-state index contributed by atoms with van der Waals surface area (Å²) in [5.74, 6) is 0.907. The number of nitrogens with one attached hydrogen (secondary N) is 1. The van der Waals surface area contributed by atoms with Gasteiger partial charge in [0.15, 0.2) is 5.82 Å². The first-order valence-corrected chi connectivity index (χ1v) is 5.79. The molecule has 0 saturated heterocycles. The van der Waals surface area contributed by atoms with Gasteiger partial charge in [-0.1, -0.05) is 5.16 Å². The molecule has 0 spiro atoms. The molecule has 0 aromatic carbocycles. The Morgan fingerprint density at radius 1 is 1.44 bits per heavy atom. The lowest BCUT2D eigenvalue weighted by molar-refractivity contribution is 0.102. The monoisotopic (exact) mass is 247 g/mol. The molecule has 0 radical (unpaired) electrons. The summed E-state index contributed by atoms with van der Waals surface area (Å²) >= 11 is 0. The minimum absolute atomic E-state index is 0.0387. The van der Waals surface area contributed by atoms with Gasteiger partial charge < -0.3 is 14.4 Å². The topological polar surface area (TPSA) is 60.1 Å². The number of amides is 1. The Labute approximate surface area is 106 Å². The van der Waals surface area contributed by atoms with Crippen LogP contribution in [0.2, 0.25) is 0 Å². The van der Waals surface area contributed by atoms with Crippen LogP contribution in [-0.2, 0) is 5.54 Å². The second kappa shape index (κ2) is 4.33. The molecule has 0 unspecified atom stereocenters. The van der Waals surface area contributed by atoms with Gasteiger partial charge in [0, 0.05) is 24.0 Å². The van der Waals surface area contributed by atoms with Crippen molar-refractivity contribution in [2.45, 2.75) is 33.2 Å². The standard InChI is InChI=1S/C13H17N3O2/c1-9-7-11(15-18-9)14-12(17)10-5-6-16(8-10)13(2,3)4/h5-8H,1-4H3,(H,14,15,17). The van der Waals surface area contributed by atoms with Gasteiger partial charge in [0.25, 0.3) is 5.91 Å². The molecule has 1 N–H and O–H groups in total. The highest BCUT2D eigenvalue weighted by atomic mass is 16.5. The van der Waals surface area contributed by atoms with Crippen molar-refractivity contribution in [2.75, 3.05) is 5.32 Å². The zero-order valence-electron chi connectivity index (χ0n) is 11.0. The Balaban J connectivity index is 2.12. The number of hydrogen-bond acceptors (Lipinski definition) is 3. The first-order valence-electron chi connectivity index (χ1n) is 5.79. The van der Waals surface area contributed by atoms with Crippen LogP contribution in [0.3, 0.4) is 0 Å². The first-order chi connectivity index (χ1) is 8.36. The number of aromatic nitrogens is 2. The van der Waals surface area contributed by atoms with E-state index >= 15 is 0 Å². The summed E-state index contributed by atoms with van der Waals surface area (Å²) in [5, 5.41) is 6.41. The number of nitrogens with zero attached hydrogens (tertiary/aromatic N) is 2. The van der Waals surface area contributed by atoms with Crippen LogP contribution in [0.15, 0.2) is 29.0 Å². The predicted octanol–water partition coefficient (Wildman–Crippen LogP) is 2.79.